The molecule has 1 heterocycles. The van der Waals surface area contributed by atoms with Crippen LogP contribution in [-0.2, 0) is 9.53 Å². The van der Waals surface area contributed by atoms with Crippen molar-refractivity contribution < 1.29 is 23.5 Å². The summed E-state index contributed by atoms with van der Waals surface area (Å²) in [6.07, 6.45) is 1.53. The molecular formula is C21H27FN4O4. The number of amides is 2. The minimum absolute atomic E-state index is 0.0386. The summed E-state index contributed by atoms with van der Waals surface area (Å²) in [4.78, 5) is 44.3. The molecule has 3 N–H and O–H groups in total. The number of rotatable bonds is 7. The molecule has 0 saturated carbocycles. The lowest BCUT2D eigenvalue weighted by Gasteiger charge is -2.25. The molecule has 30 heavy (non-hydrogen) atoms. The van der Waals surface area contributed by atoms with Gasteiger partial charge in [-0.2, -0.15) is 0 Å². The van der Waals surface area contributed by atoms with Gasteiger partial charge in [0.1, 0.15) is 23.2 Å². The Kier molecular flexibility index (Phi) is 7.31. The van der Waals surface area contributed by atoms with Gasteiger partial charge < -0.3 is 20.4 Å². The highest BCUT2D eigenvalue weighted by Crippen LogP contribution is 2.16. The first kappa shape index (κ1) is 23.1. The van der Waals surface area contributed by atoms with E-state index < -0.39 is 35.2 Å². The number of H-pyrrole nitrogens is 1. The van der Waals surface area contributed by atoms with Gasteiger partial charge in [0.25, 0.3) is 11.8 Å². The van der Waals surface area contributed by atoms with Crippen LogP contribution in [0.25, 0.3) is 0 Å². The fourth-order valence-electron chi connectivity index (χ4n) is 2.67. The molecule has 0 radical (unpaired) electrons. The second kappa shape index (κ2) is 9.51. The van der Waals surface area contributed by atoms with E-state index in [0.29, 0.717) is 6.42 Å². The van der Waals surface area contributed by atoms with Crippen LogP contribution in [0.4, 0.5) is 10.1 Å². The van der Waals surface area contributed by atoms with E-state index in [9.17, 15) is 18.8 Å². The first-order chi connectivity index (χ1) is 14.0. The van der Waals surface area contributed by atoms with Gasteiger partial charge in [0.2, 0.25) is 0 Å². The molecule has 1 aromatic heterocycles. The Balaban J connectivity index is 2.18. The van der Waals surface area contributed by atoms with E-state index >= 15 is 0 Å². The Hall–Kier alpha value is -3.23. The number of nitrogens with zero attached hydrogens (tertiary/aromatic N) is 1. The number of hydrogen-bond donors (Lipinski definition) is 3. The molecule has 2 amide bonds. The summed E-state index contributed by atoms with van der Waals surface area (Å²) >= 11 is 0. The van der Waals surface area contributed by atoms with E-state index in [2.05, 4.69) is 20.6 Å². The molecule has 2 aromatic rings. The molecular weight excluding hydrogens is 391 g/mol. The van der Waals surface area contributed by atoms with Crippen LogP contribution in [0, 0.1) is 11.7 Å². The Labute approximate surface area is 174 Å². The molecule has 9 heteroatoms. The number of imidazole rings is 1. The number of aromatic nitrogens is 2. The molecule has 0 saturated heterocycles. The summed E-state index contributed by atoms with van der Waals surface area (Å²) in [5.41, 5.74) is -1.11. The fourth-order valence-corrected chi connectivity index (χ4v) is 2.67. The smallest absolute Gasteiger partial charge is 0.329 e. The first-order valence-corrected chi connectivity index (χ1v) is 9.61. The molecule has 2 rings (SSSR count). The molecule has 8 nitrogen and oxygen atoms in total. The lowest BCUT2D eigenvalue weighted by Crippen LogP contribution is -2.45. The van der Waals surface area contributed by atoms with Crippen molar-refractivity contribution in [2.24, 2.45) is 5.92 Å². The Morgan fingerprint density at radius 3 is 2.43 bits per heavy atom. The average Bonchev–Trinajstić information content (AvgIpc) is 3.11. The maximum atomic E-state index is 13.8. The zero-order valence-electron chi connectivity index (χ0n) is 17.7. The maximum Gasteiger partial charge on any atom is 0.329 e. The number of nitrogens with one attached hydrogen (secondary N) is 3. The summed E-state index contributed by atoms with van der Waals surface area (Å²) in [5, 5.41) is 4.98. The SMILES string of the molecule is CC(C)C[C@H](NC(=O)c1[nH]cnc1C(=O)Nc1ccccc1F)C(=O)OC(C)(C)C. The highest BCUT2D eigenvalue weighted by molar-refractivity contribution is 6.10. The second-order valence-corrected chi connectivity index (χ2v) is 8.25. The van der Waals surface area contributed by atoms with Crippen molar-refractivity contribution in [1.29, 1.82) is 0 Å². The lowest BCUT2D eigenvalue weighted by atomic mass is 10.0. The molecule has 0 bridgehead atoms. The van der Waals surface area contributed by atoms with Gasteiger partial charge in [-0.25, -0.2) is 14.2 Å². The van der Waals surface area contributed by atoms with Crippen LogP contribution < -0.4 is 10.6 Å². The third-order valence-electron chi connectivity index (χ3n) is 3.91. The van der Waals surface area contributed by atoms with Gasteiger partial charge in [-0.3, -0.25) is 9.59 Å². The Morgan fingerprint density at radius 1 is 1.17 bits per heavy atom. The topological polar surface area (TPSA) is 113 Å². The van der Waals surface area contributed by atoms with Crippen molar-refractivity contribution in [1.82, 2.24) is 15.3 Å². The van der Waals surface area contributed by atoms with Gasteiger partial charge in [-0.1, -0.05) is 26.0 Å². The van der Waals surface area contributed by atoms with E-state index in [0.717, 1.165) is 0 Å². The van der Waals surface area contributed by atoms with Gasteiger partial charge in [-0.05, 0) is 45.2 Å². The number of anilines is 1. The van der Waals surface area contributed by atoms with Gasteiger partial charge in [0.15, 0.2) is 5.69 Å². The number of carbonyl (C=O) groups is 3. The molecule has 1 aromatic carbocycles. The van der Waals surface area contributed by atoms with Crippen LogP contribution in [0.5, 0.6) is 0 Å². The lowest BCUT2D eigenvalue weighted by molar-refractivity contribution is -0.157. The quantitative estimate of drug-likeness (QED) is 0.597. The number of ether oxygens (including phenoxy) is 1. The van der Waals surface area contributed by atoms with Crippen molar-refractivity contribution in [2.45, 2.75) is 52.7 Å². The molecule has 0 aliphatic rings. The number of esters is 1. The Morgan fingerprint density at radius 2 is 1.83 bits per heavy atom. The van der Waals surface area contributed by atoms with Gasteiger partial charge in [0.05, 0.1) is 12.0 Å². The van der Waals surface area contributed by atoms with Crippen LogP contribution in [0.15, 0.2) is 30.6 Å². The molecule has 0 unspecified atom stereocenters. The minimum atomic E-state index is -0.900. The van der Waals surface area contributed by atoms with Crippen LogP contribution >= 0.6 is 0 Å². The molecule has 0 fully saturated rings. The van der Waals surface area contributed by atoms with Crippen LogP contribution in [0.1, 0.15) is 62.0 Å². The highest BCUT2D eigenvalue weighted by Gasteiger charge is 2.30. The van der Waals surface area contributed by atoms with E-state index in [1.807, 2.05) is 13.8 Å². The summed E-state index contributed by atoms with van der Waals surface area (Å²) < 4.78 is 19.2. The summed E-state index contributed by atoms with van der Waals surface area (Å²) in [6.45, 7) is 9.03. The van der Waals surface area contributed by atoms with E-state index in [1.165, 1.54) is 24.5 Å². The molecule has 162 valence electrons. The van der Waals surface area contributed by atoms with Crippen LogP contribution in [0.3, 0.4) is 0 Å². The van der Waals surface area contributed by atoms with Crippen LogP contribution in [0.2, 0.25) is 0 Å². The summed E-state index contributed by atoms with van der Waals surface area (Å²) in [6, 6.07) is 4.74. The van der Waals surface area contributed by atoms with Crippen LogP contribution in [-0.4, -0.2) is 39.4 Å². The van der Waals surface area contributed by atoms with Crippen molar-refractivity contribution >= 4 is 23.5 Å². The normalized spacial score (nSPS) is 12.4. The molecule has 1 atom stereocenters. The van der Waals surface area contributed by atoms with Crippen molar-refractivity contribution in [3.63, 3.8) is 0 Å². The maximum absolute atomic E-state index is 13.8. The molecule has 0 aliphatic carbocycles. The number of para-hydroxylation sites is 1. The molecule has 0 aliphatic heterocycles. The van der Waals surface area contributed by atoms with Gasteiger partial charge >= 0.3 is 5.97 Å². The predicted molar refractivity (Wildman–Crippen MR) is 109 cm³/mol. The third kappa shape index (κ3) is 6.40. The monoisotopic (exact) mass is 418 g/mol. The number of carbonyl (C=O) groups excluding carboxylic acids is 3. The average molecular weight is 418 g/mol. The van der Waals surface area contributed by atoms with Gasteiger partial charge in [-0.15, -0.1) is 0 Å². The minimum Gasteiger partial charge on any atom is -0.458 e. The highest BCUT2D eigenvalue weighted by atomic mass is 19.1. The first-order valence-electron chi connectivity index (χ1n) is 9.61. The standard InChI is InChI=1S/C21H27FN4O4/c1-12(2)10-15(20(29)30-21(3,4)5)26-19(28)17-16(23-11-24-17)18(27)25-14-9-7-6-8-13(14)22/h6-9,11-12,15H,10H2,1-5H3,(H,23,24)(H,25,27)(H,26,28)/t15-/m0/s1. The number of halogens is 1. The third-order valence-corrected chi connectivity index (χ3v) is 3.91. The van der Waals surface area contributed by atoms with E-state index in [-0.39, 0.29) is 23.0 Å². The predicted octanol–water partition coefficient (Wildman–Crippen LogP) is 3.29. The summed E-state index contributed by atoms with van der Waals surface area (Å²) in [5.74, 6) is -2.53. The fraction of sp³-hybridized carbons (Fsp3) is 0.429. The number of aromatic amines is 1. The van der Waals surface area contributed by atoms with Crippen molar-refractivity contribution in [2.75, 3.05) is 5.32 Å². The van der Waals surface area contributed by atoms with E-state index in [4.69, 9.17) is 4.74 Å². The second-order valence-electron chi connectivity index (χ2n) is 8.25. The summed E-state index contributed by atoms with van der Waals surface area (Å²) in [7, 11) is 0. The number of benzene rings is 1. The zero-order valence-corrected chi connectivity index (χ0v) is 17.7. The Bertz CT molecular complexity index is 918. The molecule has 0 spiro atoms. The van der Waals surface area contributed by atoms with Crippen molar-refractivity contribution in [3.8, 4) is 0 Å². The van der Waals surface area contributed by atoms with Crippen molar-refractivity contribution in [3.05, 3.63) is 47.8 Å². The number of hydrogen-bond acceptors (Lipinski definition) is 5. The zero-order chi connectivity index (χ0) is 22.5. The van der Waals surface area contributed by atoms with Gasteiger partial charge in [0, 0.05) is 0 Å². The van der Waals surface area contributed by atoms with E-state index in [1.54, 1.807) is 26.8 Å². The largest absolute Gasteiger partial charge is 0.458 e.